The molecular formula is C22H24N2O3. The Bertz CT molecular complexity index is 866. The molecule has 0 bridgehead atoms. The zero-order valence-electron chi connectivity index (χ0n) is 15.4. The van der Waals surface area contributed by atoms with Gasteiger partial charge in [-0.3, -0.25) is 0 Å². The van der Waals surface area contributed by atoms with Crippen molar-refractivity contribution in [2.75, 3.05) is 6.61 Å². The second-order valence-electron chi connectivity index (χ2n) is 6.63. The van der Waals surface area contributed by atoms with Gasteiger partial charge in [-0.2, -0.15) is 5.26 Å². The Balaban J connectivity index is 1.81. The third-order valence-electron chi connectivity index (χ3n) is 4.68. The van der Waals surface area contributed by atoms with Crippen LogP contribution in [0, 0.1) is 11.3 Å². The van der Waals surface area contributed by atoms with Crippen LogP contribution in [0.4, 0.5) is 0 Å². The van der Waals surface area contributed by atoms with Crippen LogP contribution in [0.25, 0.3) is 0 Å². The average Bonchev–Trinajstić information content (AvgIpc) is 2.67. The van der Waals surface area contributed by atoms with Crippen molar-refractivity contribution in [2.45, 2.75) is 38.5 Å². The number of ether oxygens (including phenoxy) is 2. The van der Waals surface area contributed by atoms with Gasteiger partial charge in [0, 0.05) is 11.6 Å². The number of allylic oxidation sites excluding steroid dienone is 1. The molecule has 3 rings (SSSR count). The molecule has 1 unspecified atom stereocenters. The maximum Gasteiger partial charge on any atom is 0.205 e. The van der Waals surface area contributed by atoms with E-state index in [-0.39, 0.29) is 17.6 Å². The Morgan fingerprint density at radius 3 is 2.63 bits per heavy atom. The first kappa shape index (κ1) is 18.7. The van der Waals surface area contributed by atoms with E-state index in [9.17, 15) is 10.4 Å². The lowest BCUT2D eigenvalue weighted by atomic mass is 9.83. The van der Waals surface area contributed by atoms with Crippen molar-refractivity contribution in [2.24, 2.45) is 5.73 Å². The van der Waals surface area contributed by atoms with Crippen LogP contribution in [0.2, 0.25) is 0 Å². The van der Waals surface area contributed by atoms with Crippen molar-refractivity contribution in [3.8, 4) is 23.3 Å². The summed E-state index contributed by atoms with van der Waals surface area (Å²) in [6.45, 7) is 2.89. The maximum absolute atomic E-state index is 9.71. The Kier molecular flexibility index (Phi) is 5.87. The molecular weight excluding hydrogens is 340 g/mol. The molecule has 140 valence electrons. The molecule has 27 heavy (non-hydrogen) atoms. The monoisotopic (exact) mass is 364 g/mol. The average molecular weight is 364 g/mol. The van der Waals surface area contributed by atoms with E-state index in [0.717, 1.165) is 23.3 Å². The zero-order chi connectivity index (χ0) is 19.2. The highest BCUT2D eigenvalue weighted by molar-refractivity contribution is 5.57. The van der Waals surface area contributed by atoms with Crippen molar-refractivity contribution in [1.29, 1.82) is 5.26 Å². The van der Waals surface area contributed by atoms with E-state index in [1.807, 2.05) is 24.3 Å². The summed E-state index contributed by atoms with van der Waals surface area (Å²) in [6.07, 6.45) is 4.66. The van der Waals surface area contributed by atoms with Gasteiger partial charge in [-0.25, -0.2) is 0 Å². The Hall–Kier alpha value is -3.13. The number of fused-ring (bicyclic) bond motifs is 1. The van der Waals surface area contributed by atoms with E-state index in [2.05, 4.69) is 13.0 Å². The van der Waals surface area contributed by atoms with Gasteiger partial charge in [-0.15, -0.1) is 0 Å². The van der Waals surface area contributed by atoms with Gasteiger partial charge in [0.15, 0.2) is 0 Å². The highest BCUT2D eigenvalue weighted by atomic mass is 16.5. The lowest BCUT2D eigenvalue weighted by Gasteiger charge is -2.26. The number of nitrogens with zero attached hydrogens (tertiary/aromatic N) is 1. The number of benzene rings is 2. The highest BCUT2D eigenvalue weighted by Gasteiger charge is 2.30. The normalized spacial score (nSPS) is 15.6. The van der Waals surface area contributed by atoms with Gasteiger partial charge < -0.3 is 20.3 Å². The van der Waals surface area contributed by atoms with Gasteiger partial charge in [-0.1, -0.05) is 44.4 Å². The van der Waals surface area contributed by atoms with Crippen LogP contribution in [0.15, 0.2) is 53.9 Å². The number of phenolic OH excluding ortho intramolecular Hbond substituents is 1. The molecule has 0 radical (unpaired) electrons. The van der Waals surface area contributed by atoms with Crippen molar-refractivity contribution >= 4 is 0 Å². The Morgan fingerprint density at radius 1 is 1.15 bits per heavy atom. The summed E-state index contributed by atoms with van der Waals surface area (Å²) in [5.41, 5.74) is 8.03. The predicted molar refractivity (Wildman–Crippen MR) is 103 cm³/mol. The van der Waals surface area contributed by atoms with Crippen LogP contribution in [-0.4, -0.2) is 11.7 Å². The quantitative estimate of drug-likeness (QED) is 0.703. The summed E-state index contributed by atoms with van der Waals surface area (Å²) >= 11 is 0. The minimum atomic E-state index is -0.335. The summed E-state index contributed by atoms with van der Waals surface area (Å²) in [6, 6.07) is 14.7. The van der Waals surface area contributed by atoms with Crippen LogP contribution < -0.4 is 15.2 Å². The van der Waals surface area contributed by atoms with E-state index in [1.54, 1.807) is 12.1 Å². The molecule has 0 fully saturated rings. The van der Waals surface area contributed by atoms with Gasteiger partial charge in [-0.05, 0) is 30.2 Å². The zero-order valence-corrected chi connectivity index (χ0v) is 15.4. The summed E-state index contributed by atoms with van der Waals surface area (Å²) < 4.78 is 11.3. The molecule has 0 saturated heterocycles. The minimum absolute atomic E-state index is 0.0665. The van der Waals surface area contributed by atoms with Crippen LogP contribution in [0.5, 0.6) is 17.2 Å². The summed E-state index contributed by atoms with van der Waals surface area (Å²) in [4.78, 5) is 0. The topological polar surface area (TPSA) is 88.5 Å². The molecule has 0 aromatic heterocycles. The molecule has 0 aliphatic carbocycles. The Labute approximate surface area is 159 Å². The molecule has 2 aromatic carbocycles. The molecule has 3 N–H and O–H groups in total. The minimum Gasteiger partial charge on any atom is -0.508 e. The number of phenols is 1. The van der Waals surface area contributed by atoms with Gasteiger partial charge in [0.2, 0.25) is 5.88 Å². The smallest absolute Gasteiger partial charge is 0.205 e. The molecule has 5 nitrogen and oxygen atoms in total. The number of aromatic hydroxyl groups is 1. The van der Waals surface area contributed by atoms with Gasteiger partial charge >= 0.3 is 0 Å². The lowest BCUT2D eigenvalue weighted by Crippen LogP contribution is -2.20. The molecule has 1 heterocycles. The first-order valence-electron chi connectivity index (χ1n) is 9.27. The van der Waals surface area contributed by atoms with Gasteiger partial charge in [0.1, 0.15) is 28.9 Å². The van der Waals surface area contributed by atoms with E-state index in [0.29, 0.717) is 17.9 Å². The van der Waals surface area contributed by atoms with Crippen molar-refractivity contribution in [1.82, 2.24) is 0 Å². The second kappa shape index (κ2) is 8.50. The summed E-state index contributed by atoms with van der Waals surface area (Å²) in [7, 11) is 0. The first-order valence-corrected chi connectivity index (χ1v) is 9.27. The van der Waals surface area contributed by atoms with Crippen molar-refractivity contribution in [3.05, 3.63) is 65.0 Å². The van der Waals surface area contributed by atoms with Gasteiger partial charge in [0.05, 0.1) is 12.5 Å². The SMILES string of the molecule is CCCCCCOc1ccc(C2C(C#N)=C(N)Oc3cc(O)ccc32)cc1. The van der Waals surface area contributed by atoms with E-state index < -0.39 is 0 Å². The first-order chi connectivity index (χ1) is 13.1. The Morgan fingerprint density at radius 2 is 1.93 bits per heavy atom. The third kappa shape index (κ3) is 4.17. The fourth-order valence-corrected chi connectivity index (χ4v) is 3.26. The number of hydrogen-bond donors (Lipinski definition) is 2. The van der Waals surface area contributed by atoms with E-state index in [1.165, 1.54) is 25.3 Å². The number of hydrogen-bond acceptors (Lipinski definition) is 5. The predicted octanol–water partition coefficient (Wildman–Crippen LogP) is 4.57. The number of rotatable bonds is 7. The number of nitrogens with two attached hydrogens (primary N) is 1. The van der Waals surface area contributed by atoms with E-state index in [4.69, 9.17) is 15.2 Å². The molecule has 2 aromatic rings. The van der Waals surface area contributed by atoms with E-state index >= 15 is 0 Å². The fraction of sp³-hybridized carbons (Fsp3) is 0.318. The lowest BCUT2D eigenvalue weighted by molar-refractivity contribution is 0.305. The molecule has 0 spiro atoms. The van der Waals surface area contributed by atoms with Crippen molar-refractivity contribution < 1.29 is 14.6 Å². The third-order valence-corrected chi connectivity index (χ3v) is 4.68. The molecule has 1 aliphatic rings. The van der Waals surface area contributed by atoms with Crippen LogP contribution in [-0.2, 0) is 0 Å². The summed E-state index contributed by atoms with van der Waals surface area (Å²) in [5.74, 6) is 1.10. The highest BCUT2D eigenvalue weighted by Crippen LogP contribution is 2.43. The second-order valence-corrected chi connectivity index (χ2v) is 6.63. The number of nitriles is 1. The van der Waals surface area contributed by atoms with Crippen molar-refractivity contribution in [3.63, 3.8) is 0 Å². The number of unbranched alkanes of at least 4 members (excludes halogenated alkanes) is 3. The maximum atomic E-state index is 9.71. The van der Waals surface area contributed by atoms with Crippen LogP contribution in [0.1, 0.15) is 49.7 Å². The summed E-state index contributed by atoms with van der Waals surface area (Å²) in [5, 5.41) is 19.3. The molecule has 5 heteroatoms. The van der Waals surface area contributed by atoms with Crippen LogP contribution in [0.3, 0.4) is 0 Å². The van der Waals surface area contributed by atoms with Gasteiger partial charge in [0.25, 0.3) is 0 Å². The largest absolute Gasteiger partial charge is 0.508 e. The molecule has 1 atom stereocenters. The standard InChI is InChI=1S/C22H24N2O3/c1-2-3-4-5-12-26-17-9-6-15(7-10-17)21-18-11-8-16(25)13-20(18)27-22(24)19(21)14-23/h6-11,13,21,25H,2-5,12,24H2,1H3. The van der Waals surface area contributed by atoms with Crippen LogP contribution >= 0.6 is 0 Å². The molecule has 1 aliphatic heterocycles. The molecule has 0 amide bonds. The fourth-order valence-electron chi connectivity index (χ4n) is 3.26. The molecule has 0 saturated carbocycles.